The minimum absolute atomic E-state index is 0.536. The van der Waals surface area contributed by atoms with Gasteiger partial charge in [-0.15, -0.1) is 11.8 Å². The van der Waals surface area contributed by atoms with Crippen molar-refractivity contribution in [2.45, 2.75) is 24.0 Å². The van der Waals surface area contributed by atoms with Crippen molar-refractivity contribution < 1.29 is 0 Å². The number of nitrogens with zero attached hydrogens (tertiary/aromatic N) is 2. The fraction of sp³-hybridized carbons (Fsp3) is 0.130. The van der Waals surface area contributed by atoms with Gasteiger partial charge in [0.25, 0.3) is 0 Å². The van der Waals surface area contributed by atoms with Gasteiger partial charge in [-0.05, 0) is 34.5 Å². The fourth-order valence-corrected chi connectivity index (χ4v) is 4.21. The number of pyridine rings is 1. The van der Waals surface area contributed by atoms with Crippen molar-refractivity contribution in [3.63, 3.8) is 0 Å². The first kappa shape index (κ1) is 16.6. The molecular formula is C23H18N2S. The molecule has 1 heterocycles. The topological polar surface area (TPSA) is 36.7 Å². The van der Waals surface area contributed by atoms with Gasteiger partial charge in [0.15, 0.2) is 0 Å². The van der Waals surface area contributed by atoms with Crippen molar-refractivity contribution >= 4 is 33.3 Å². The van der Waals surface area contributed by atoms with E-state index in [1.807, 2.05) is 54.5 Å². The molecule has 2 nitrogen and oxygen atoms in total. The van der Waals surface area contributed by atoms with Crippen LogP contribution in [0.4, 0.5) is 0 Å². The van der Waals surface area contributed by atoms with Gasteiger partial charge < -0.3 is 0 Å². The summed E-state index contributed by atoms with van der Waals surface area (Å²) in [5.41, 5.74) is 2.92. The highest BCUT2D eigenvalue weighted by atomic mass is 32.2. The molecule has 26 heavy (non-hydrogen) atoms. The average Bonchev–Trinajstić information content (AvgIpc) is 2.66. The predicted octanol–water partition coefficient (Wildman–Crippen LogP) is 6.43. The Kier molecular flexibility index (Phi) is 4.36. The summed E-state index contributed by atoms with van der Waals surface area (Å²) in [6.07, 6.45) is 3.84. The molecule has 0 saturated heterocycles. The molecule has 0 bridgehead atoms. The quantitative estimate of drug-likeness (QED) is 0.398. The third-order valence-electron chi connectivity index (χ3n) is 4.44. The Hall–Kier alpha value is -2.83. The van der Waals surface area contributed by atoms with Gasteiger partial charge in [0.05, 0.1) is 11.6 Å². The van der Waals surface area contributed by atoms with Crippen LogP contribution in [0, 0.1) is 11.3 Å². The molecule has 3 aromatic carbocycles. The second kappa shape index (κ2) is 6.82. The van der Waals surface area contributed by atoms with E-state index in [0.717, 1.165) is 27.3 Å². The number of thioether (sulfide) groups is 1. The molecule has 0 aliphatic heterocycles. The first-order valence-electron chi connectivity index (χ1n) is 8.64. The molecule has 4 rings (SSSR count). The summed E-state index contributed by atoms with van der Waals surface area (Å²) in [7, 11) is 0. The summed E-state index contributed by atoms with van der Waals surface area (Å²) in [6.45, 7) is 4.41. The minimum Gasteiger partial charge on any atom is -0.263 e. The summed E-state index contributed by atoms with van der Waals surface area (Å²) in [5, 5.41) is 14.4. The SMILES string of the molecule is CC(C)Sc1ccc2cncc(-c3ccc(C#N)c4ccccc34)c2c1. The number of fused-ring (bicyclic) bond motifs is 2. The Balaban J connectivity index is 2.00. The number of nitriles is 1. The molecule has 0 atom stereocenters. The van der Waals surface area contributed by atoms with Crippen LogP contribution < -0.4 is 0 Å². The van der Waals surface area contributed by atoms with Gasteiger partial charge in [-0.1, -0.05) is 50.2 Å². The van der Waals surface area contributed by atoms with Crippen molar-refractivity contribution in [3.8, 4) is 17.2 Å². The molecule has 0 saturated carbocycles. The monoisotopic (exact) mass is 354 g/mol. The molecule has 126 valence electrons. The van der Waals surface area contributed by atoms with E-state index in [4.69, 9.17) is 0 Å². The zero-order chi connectivity index (χ0) is 18.1. The highest BCUT2D eigenvalue weighted by Crippen LogP contribution is 2.36. The van der Waals surface area contributed by atoms with E-state index in [2.05, 4.69) is 49.2 Å². The van der Waals surface area contributed by atoms with E-state index < -0.39 is 0 Å². The average molecular weight is 354 g/mol. The molecule has 0 N–H and O–H groups in total. The lowest BCUT2D eigenvalue weighted by molar-refractivity contribution is 1.11. The largest absolute Gasteiger partial charge is 0.263 e. The van der Waals surface area contributed by atoms with Crippen molar-refractivity contribution in [1.29, 1.82) is 5.26 Å². The summed E-state index contributed by atoms with van der Waals surface area (Å²) < 4.78 is 0. The maximum atomic E-state index is 9.42. The van der Waals surface area contributed by atoms with Gasteiger partial charge >= 0.3 is 0 Å². The van der Waals surface area contributed by atoms with Crippen LogP contribution >= 0.6 is 11.8 Å². The van der Waals surface area contributed by atoms with Crippen LogP contribution in [0.15, 0.2) is 71.9 Å². The maximum absolute atomic E-state index is 9.42. The van der Waals surface area contributed by atoms with Crippen LogP contribution in [-0.4, -0.2) is 10.2 Å². The highest BCUT2D eigenvalue weighted by molar-refractivity contribution is 7.99. The summed E-state index contributed by atoms with van der Waals surface area (Å²) >= 11 is 1.86. The van der Waals surface area contributed by atoms with Crippen LogP contribution in [0.3, 0.4) is 0 Å². The van der Waals surface area contributed by atoms with E-state index in [1.54, 1.807) is 0 Å². The van der Waals surface area contributed by atoms with Crippen LogP contribution in [-0.2, 0) is 0 Å². The van der Waals surface area contributed by atoms with Gasteiger partial charge in [0, 0.05) is 38.9 Å². The highest BCUT2D eigenvalue weighted by Gasteiger charge is 2.11. The predicted molar refractivity (Wildman–Crippen MR) is 110 cm³/mol. The number of rotatable bonds is 3. The number of hydrogen-bond acceptors (Lipinski definition) is 3. The van der Waals surface area contributed by atoms with Crippen LogP contribution in [0.25, 0.3) is 32.7 Å². The van der Waals surface area contributed by atoms with E-state index in [-0.39, 0.29) is 0 Å². The van der Waals surface area contributed by atoms with Crippen molar-refractivity contribution in [1.82, 2.24) is 4.98 Å². The molecule has 0 fully saturated rings. The maximum Gasteiger partial charge on any atom is 0.0998 e. The number of hydrogen-bond donors (Lipinski definition) is 0. The zero-order valence-corrected chi connectivity index (χ0v) is 15.5. The standard InChI is InChI=1S/C23H18N2S/c1-15(2)26-18-9-7-17-13-25-14-23(22(17)11-18)21-10-8-16(12-24)19-5-3-4-6-20(19)21/h3-11,13-15H,1-2H3. The summed E-state index contributed by atoms with van der Waals surface area (Å²) in [5.74, 6) is 0. The van der Waals surface area contributed by atoms with Crippen LogP contribution in [0.5, 0.6) is 0 Å². The smallest absolute Gasteiger partial charge is 0.0998 e. The Bertz CT molecular complexity index is 1160. The Labute approximate surface area is 157 Å². The summed E-state index contributed by atoms with van der Waals surface area (Å²) in [6, 6.07) is 20.9. The lowest BCUT2D eigenvalue weighted by atomic mass is 9.93. The Morgan fingerprint density at radius 1 is 0.885 bits per heavy atom. The molecule has 0 spiro atoms. The van der Waals surface area contributed by atoms with Gasteiger partial charge in [0.2, 0.25) is 0 Å². The molecule has 3 heteroatoms. The number of aromatic nitrogens is 1. The number of benzene rings is 3. The first-order valence-corrected chi connectivity index (χ1v) is 9.52. The molecule has 0 aliphatic carbocycles. The minimum atomic E-state index is 0.536. The molecule has 1 aromatic heterocycles. The Morgan fingerprint density at radius 3 is 2.46 bits per heavy atom. The van der Waals surface area contributed by atoms with Crippen molar-refractivity contribution in [2.75, 3.05) is 0 Å². The van der Waals surface area contributed by atoms with E-state index in [0.29, 0.717) is 10.8 Å². The lowest BCUT2D eigenvalue weighted by Crippen LogP contribution is -1.90. The molecular weight excluding hydrogens is 336 g/mol. The van der Waals surface area contributed by atoms with Crippen molar-refractivity contribution in [3.05, 3.63) is 72.6 Å². The first-order chi connectivity index (χ1) is 12.7. The second-order valence-corrected chi connectivity index (χ2v) is 8.20. The normalized spacial score (nSPS) is 11.2. The molecule has 0 radical (unpaired) electrons. The third-order valence-corrected chi connectivity index (χ3v) is 5.44. The van der Waals surface area contributed by atoms with E-state index in [1.165, 1.54) is 10.3 Å². The van der Waals surface area contributed by atoms with Crippen LogP contribution in [0.2, 0.25) is 0 Å². The summed E-state index contributed by atoms with van der Waals surface area (Å²) in [4.78, 5) is 5.72. The lowest BCUT2D eigenvalue weighted by Gasteiger charge is -2.12. The molecule has 4 aromatic rings. The van der Waals surface area contributed by atoms with Crippen LogP contribution in [0.1, 0.15) is 19.4 Å². The molecule has 0 aliphatic rings. The molecule has 0 amide bonds. The van der Waals surface area contributed by atoms with Crippen molar-refractivity contribution in [2.24, 2.45) is 0 Å². The van der Waals surface area contributed by atoms with Gasteiger partial charge in [-0.3, -0.25) is 4.98 Å². The third kappa shape index (κ3) is 2.94. The molecule has 0 unspecified atom stereocenters. The fourth-order valence-electron chi connectivity index (χ4n) is 3.33. The van der Waals surface area contributed by atoms with Gasteiger partial charge in [0.1, 0.15) is 0 Å². The zero-order valence-electron chi connectivity index (χ0n) is 14.7. The van der Waals surface area contributed by atoms with Gasteiger partial charge in [-0.25, -0.2) is 0 Å². The second-order valence-electron chi connectivity index (χ2n) is 6.55. The van der Waals surface area contributed by atoms with Gasteiger partial charge in [-0.2, -0.15) is 5.26 Å². The van der Waals surface area contributed by atoms with E-state index >= 15 is 0 Å². The Morgan fingerprint density at radius 2 is 1.69 bits per heavy atom. The van der Waals surface area contributed by atoms with E-state index in [9.17, 15) is 5.26 Å².